The molecule has 0 saturated heterocycles. The highest BCUT2D eigenvalue weighted by atomic mass is 32.1. The SMILES string of the molecule is S=C1NC(C23CC4CC(CC(C4)C2)C3)=C[C@@H](c2ccc3c(c2)OCO3)N1. The molecule has 1 atom stereocenters. The third-order valence-corrected chi connectivity index (χ3v) is 7.45. The average Bonchev–Trinajstić information content (AvgIpc) is 3.08. The lowest BCUT2D eigenvalue weighted by Crippen LogP contribution is -2.53. The van der Waals surface area contributed by atoms with Gasteiger partial charge in [0.15, 0.2) is 16.6 Å². The summed E-state index contributed by atoms with van der Waals surface area (Å²) in [4.78, 5) is 0. The van der Waals surface area contributed by atoms with Gasteiger partial charge in [-0.15, -0.1) is 0 Å². The van der Waals surface area contributed by atoms with E-state index in [1.165, 1.54) is 49.8 Å². The smallest absolute Gasteiger partial charge is 0.231 e. The fourth-order valence-electron chi connectivity index (χ4n) is 6.59. The van der Waals surface area contributed by atoms with E-state index in [-0.39, 0.29) is 6.04 Å². The van der Waals surface area contributed by atoms with Crippen molar-refractivity contribution in [3.8, 4) is 11.5 Å². The van der Waals surface area contributed by atoms with E-state index in [4.69, 9.17) is 21.7 Å². The Bertz CT molecular complexity index is 783. The first-order valence-electron chi connectivity index (χ1n) is 9.86. The van der Waals surface area contributed by atoms with Gasteiger partial charge in [0, 0.05) is 11.1 Å². The second-order valence-corrected chi connectivity index (χ2v) is 9.38. The molecule has 4 saturated carbocycles. The average molecular weight is 369 g/mol. The van der Waals surface area contributed by atoms with Gasteiger partial charge in [-0.05, 0) is 92.3 Å². The van der Waals surface area contributed by atoms with Gasteiger partial charge in [-0.3, -0.25) is 0 Å². The molecule has 2 N–H and O–H groups in total. The lowest BCUT2D eigenvalue weighted by Gasteiger charge is -2.58. The Balaban J connectivity index is 1.36. The third kappa shape index (κ3) is 2.29. The van der Waals surface area contributed by atoms with Gasteiger partial charge in [-0.2, -0.15) is 0 Å². The monoisotopic (exact) mass is 368 g/mol. The second kappa shape index (κ2) is 5.38. The number of thiocarbonyl (C=S) groups is 1. The van der Waals surface area contributed by atoms with Crippen molar-refractivity contribution >= 4 is 17.3 Å². The molecule has 6 aliphatic rings. The molecule has 1 aromatic rings. The predicted molar refractivity (Wildman–Crippen MR) is 103 cm³/mol. The van der Waals surface area contributed by atoms with Crippen LogP contribution in [0.1, 0.15) is 50.1 Å². The van der Waals surface area contributed by atoms with Crippen LogP contribution in [-0.4, -0.2) is 11.9 Å². The lowest BCUT2D eigenvalue weighted by molar-refractivity contribution is -0.0331. The molecule has 136 valence electrons. The van der Waals surface area contributed by atoms with Crippen LogP contribution >= 0.6 is 12.2 Å². The van der Waals surface area contributed by atoms with Crippen molar-refractivity contribution in [3.05, 3.63) is 35.5 Å². The van der Waals surface area contributed by atoms with Gasteiger partial charge in [-0.1, -0.05) is 6.07 Å². The second-order valence-electron chi connectivity index (χ2n) is 8.97. The summed E-state index contributed by atoms with van der Waals surface area (Å²) in [6, 6.07) is 6.30. The fraction of sp³-hybridized carbons (Fsp3) is 0.571. The number of allylic oxidation sites excluding steroid dienone is 1. The maximum atomic E-state index is 5.60. The summed E-state index contributed by atoms with van der Waals surface area (Å²) >= 11 is 5.60. The van der Waals surface area contributed by atoms with Crippen LogP contribution in [0.3, 0.4) is 0 Å². The first kappa shape index (κ1) is 15.3. The van der Waals surface area contributed by atoms with Crippen LogP contribution in [0.25, 0.3) is 0 Å². The summed E-state index contributed by atoms with van der Waals surface area (Å²) in [5.41, 5.74) is 2.89. The minimum atomic E-state index is 0.0984. The minimum Gasteiger partial charge on any atom is -0.454 e. The fourth-order valence-corrected chi connectivity index (χ4v) is 6.82. The molecule has 7 rings (SSSR count). The summed E-state index contributed by atoms with van der Waals surface area (Å²) in [6.45, 7) is 0.311. The highest BCUT2D eigenvalue weighted by molar-refractivity contribution is 7.80. The number of nitrogens with one attached hydrogen (secondary N) is 2. The van der Waals surface area contributed by atoms with Crippen molar-refractivity contribution in [2.24, 2.45) is 23.2 Å². The largest absolute Gasteiger partial charge is 0.454 e. The minimum absolute atomic E-state index is 0.0984. The zero-order chi connectivity index (χ0) is 17.3. The molecule has 4 nitrogen and oxygen atoms in total. The molecule has 0 radical (unpaired) electrons. The molecule has 26 heavy (non-hydrogen) atoms. The summed E-state index contributed by atoms with van der Waals surface area (Å²) in [7, 11) is 0. The molecule has 2 aliphatic heterocycles. The molecule has 0 spiro atoms. The molecule has 4 bridgehead atoms. The predicted octanol–water partition coefficient (Wildman–Crippen LogP) is 4.03. The van der Waals surface area contributed by atoms with Crippen molar-refractivity contribution < 1.29 is 9.47 Å². The van der Waals surface area contributed by atoms with E-state index in [1.54, 1.807) is 0 Å². The van der Waals surface area contributed by atoms with E-state index in [0.29, 0.717) is 12.2 Å². The van der Waals surface area contributed by atoms with Crippen LogP contribution in [0, 0.1) is 23.2 Å². The van der Waals surface area contributed by atoms with Crippen molar-refractivity contribution in [1.29, 1.82) is 0 Å². The first-order valence-corrected chi connectivity index (χ1v) is 10.3. The molecule has 1 aromatic carbocycles. The summed E-state index contributed by atoms with van der Waals surface area (Å²) in [5, 5.41) is 7.74. The number of ether oxygens (including phenoxy) is 2. The van der Waals surface area contributed by atoms with Gasteiger partial charge in [0.05, 0.1) is 6.04 Å². The van der Waals surface area contributed by atoms with Crippen molar-refractivity contribution in [2.45, 2.75) is 44.6 Å². The van der Waals surface area contributed by atoms with E-state index in [9.17, 15) is 0 Å². The van der Waals surface area contributed by atoms with Crippen molar-refractivity contribution in [2.75, 3.05) is 6.79 Å². The van der Waals surface area contributed by atoms with E-state index < -0.39 is 0 Å². The number of fused-ring (bicyclic) bond motifs is 1. The highest BCUT2D eigenvalue weighted by Gasteiger charge is 2.53. The standard InChI is InChI=1S/C21H24N2O2S/c26-20-22-16(15-1-2-17-18(6-15)25-11-24-17)7-19(23-20)21-8-12-3-13(9-21)5-14(4-12)10-21/h1-2,6-7,12-14,16H,3-5,8-11H2,(H2,22,23,26)/t12?,13?,14?,16-,21?/m0/s1. The Morgan fingerprint density at radius 3 is 2.38 bits per heavy atom. The third-order valence-electron chi connectivity index (χ3n) is 7.23. The quantitative estimate of drug-likeness (QED) is 0.772. The molecular formula is C21H24N2O2S. The molecule has 0 aromatic heterocycles. The van der Waals surface area contributed by atoms with Crippen LogP contribution in [-0.2, 0) is 0 Å². The number of hydrogen-bond donors (Lipinski definition) is 2. The first-order chi connectivity index (χ1) is 12.7. The molecule has 5 heteroatoms. The van der Waals surface area contributed by atoms with E-state index in [1.807, 2.05) is 6.07 Å². The zero-order valence-electron chi connectivity index (χ0n) is 14.8. The maximum Gasteiger partial charge on any atom is 0.231 e. The summed E-state index contributed by atoms with van der Waals surface area (Å²) in [6.07, 6.45) is 10.8. The topological polar surface area (TPSA) is 42.5 Å². The van der Waals surface area contributed by atoms with E-state index >= 15 is 0 Å². The normalized spacial score (nSPS) is 39.4. The Morgan fingerprint density at radius 2 is 1.65 bits per heavy atom. The maximum absolute atomic E-state index is 5.60. The van der Waals surface area contributed by atoms with Crippen LogP contribution in [0.5, 0.6) is 11.5 Å². The van der Waals surface area contributed by atoms with Crippen molar-refractivity contribution in [3.63, 3.8) is 0 Å². The van der Waals surface area contributed by atoms with Crippen LogP contribution in [0.15, 0.2) is 30.0 Å². The molecule has 0 amide bonds. The summed E-state index contributed by atoms with van der Waals surface area (Å²) in [5.74, 6) is 4.44. The molecule has 4 fully saturated rings. The number of rotatable bonds is 2. The summed E-state index contributed by atoms with van der Waals surface area (Å²) < 4.78 is 11.0. The van der Waals surface area contributed by atoms with E-state index in [2.05, 4.69) is 28.8 Å². The van der Waals surface area contributed by atoms with Gasteiger partial charge in [-0.25, -0.2) is 0 Å². The van der Waals surface area contributed by atoms with Crippen LogP contribution < -0.4 is 20.1 Å². The van der Waals surface area contributed by atoms with Crippen LogP contribution in [0.2, 0.25) is 0 Å². The van der Waals surface area contributed by atoms with Gasteiger partial charge >= 0.3 is 0 Å². The lowest BCUT2D eigenvalue weighted by atomic mass is 9.48. The molecule has 2 heterocycles. The van der Waals surface area contributed by atoms with Gasteiger partial charge in [0.2, 0.25) is 6.79 Å². The van der Waals surface area contributed by atoms with Crippen molar-refractivity contribution in [1.82, 2.24) is 10.6 Å². The number of benzene rings is 1. The zero-order valence-corrected chi connectivity index (χ0v) is 15.6. The van der Waals surface area contributed by atoms with Crippen LogP contribution in [0.4, 0.5) is 0 Å². The Kier molecular flexibility index (Phi) is 3.17. The molecule has 0 unspecified atom stereocenters. The Labute approximate surface area is 159 Å². The van der Waals surface area contributed by atoms with E-state index in [0.717, 1.165) is 34.4 Å². The Hall–Kier alpha value is -1.75. The number of hydrogen-bond acceptors (Lipinski definition) is 3. The van der Waals surface area contributed by atoms with Gasteiger partial charge in [0.25, 0.3) is 0 Å². The van der Waals surface area contributed by atoms with Gasteiger partial charge in [0.1, 0.15) is 0 Å². The molecular weight excluding hydrogens is 344 g/mol. The van der Waals surface area contributed by atoms with Gasteiger partial charge < -0.3 is 20.1 Å². The Morgan fingerprint density at radius 1 is 0.962 bits per heavy atom. The highest BCUT2D eigenvalue weighted by Crippen LogP contribution is 2.62. The molecule has 4 aliphatic carbocycles.